The van der Waals surface area contributed by atoms with Gasteiger partial charge >= 0.3 is 6.18 Å². The number of para-hydroxylation sites is 1. The van der Waals surface area contributed by atoms with Crippen molar-refractivity contribution in [2.75, 3.05) is 31.3 Å². The Labute approximate surface area is 190 Å². The fourth-order valence-corrected chi connectivity index (χ4v) is 3.06. The molecule has 0 aliphatic rings. The van der Waals surface area contributed by atoms with E-state index in [4.69, 9.17) is 15.2 Å². The molecule has 3 aromatic heterocycles. The van der Waals surface area contributed by atoms with Crippen LogP contribution in [0.2, 0.25) is 0 Å². The van der Waals surface area contributed by atoms with Crippen molar-refractivity contribution in [3.8, 4) is 22.9 Å². The molecule has 4 N–H and O–H groups in total. The number of halogens is 3. The van der Waals surface area contributed by atoms with Crippen molar-refractivity contribution in [3.05, 3.63) is 58.8 Å². The number of H-pyrrole nitrogens is 1. The van der Waals surface area contributed by atoms with Gasteiger partial charge in [0.25, 0.3) is 5.56 Å². The van der Waals surface area contributed by atoms with E-state index in [9.17, 15) is 18.0 Å². The molecule has 0 fully saturated rings. The van der Waals surface area contributed by atoms with Crippen molar-refractivity contribution in [2.45, 2.75) is 6.18 Å². The van der Waals surface area contributed by atoms with Gasteiger partial charge in [0.1, 0.15) is 23.4 Å². The van der Waals surface area contributed by atoms with Crippen LogP contribution in [0.4, 0.5) is 24.8 Å². The van der Waals surface area contributed by atoms with Crippen molar-refractivity contribution >= 4 is 22.7 Å². The Morgan fingerprint density at radius 1 is 1.15 bits per heavy atom. The number of anilines is 2. The minimum atomic E-state index is -4.61. The fraction of sp³-hybridized carbons (Fsp3) is 0.190. The number of aromatic nitrogens is 5. The average molecular weight is 473 g/mol. The molecule has 13 heteroatoms. The number of rotatable bonds is 7. The van der Waals surface area contributed by atoms with Crippen LogP contribution in [-0.2, 0) is 10.9 Å². The number of hydrogen-bond acceptors (Lipinski definition) is 9. The van der Waals surface area contributed by atoms with Gasteiger partial charge in [-0.25, -0.2) is 19.9 Å². The van der Waals surface area contributed by atoms with Gasteiger partial charge in [-0.2, -0.15) is 13.2 Å². The van der Waals surface area contributed by atoms with Crippen LogP contribution in [0.1, 0.15) is 5.69 Å². The Hall–Kier alpha value is -4.26. The third-order valence-corrected chi connectivity index (χ3v) is 4.63. The number of fused-ring (bicyclic) bond motifs is 1. The van der Waals surface area contributed by atoms with E-state index in [-0.39, 0.29) is 42.1 Å². The number of nitrogen functional groups attached to an aromatic ring is 1. The molecule has 10 nitrogen and oxygen atoms in total. The number of ether oxygens (including phenoxy) is 2. The third-order valence-electron chi connectivity index (χ3n) is 4.63. The Bertz CT molecular complexity index is 1390. The molecule has 34 heavy (non-hydrogen) atoms. The molecular formula is C21H18F3N7O3. The SMILES string of the molecule is COCCNc1nc(C(F)(F)F)ccc1-c1cc(Oc2cccc3[nH]c(=O)c(N)nc23)ncn1. The number of hydrogen-bond donors (Lipinski definition) is 3. The predicted octanol–water partition coefficient (Wildman–Crippen LogP) is 3.23. The second-order valence-corrected chi connectivity index (χ2v) is 6.96. The van der Waals surface area contributed by atoms with Gasteiger partial charge in [0.15, 0.2) is 11.6 Å². The van der Waals surface area contributed by atoms with Crippen LogP contribution in [0.25, 0.3) is 22.3 Å². The van der Waals surface area contributed by atoms with Gasteiger partial charge in [-0.1, -0.05) is 6.07 Å². The van der Waals surface area contributed by atoms with Crippen LogP contribution in [0, 0.1) is 0 Å². The third kappa shape index (κ3) is 4.88. The molecule has 1 aromatic carbocycles. The van der Waals surface area contributed by atoms with E-state index in [0.29, 0.717) is 16.6 Å². The van der Waals surface area contributed by atoms with Gasteiger partial charge in [0.2, 0.25) is 5.88 Å². The lowest BCUT2D eigenvalue weighted by atomic mass is 10.1. The van der Waals surface area contributed by atoms with Gasteiger partial charge in [-0.05, 0) is 24.3 Å². The second kappa shape index (κ2) is 9.31. The van der Waals surface area contributed by atoms with E-state index >= 15 is 0 Å². The summed E-state index contributed by atoms with van der Waals surface area (Å²) in [6.45, 7) is 0.488. The summed E-state index contributed by atoms with van der Waals surface area (Å²) in [6.07, 6.45) is -3.41. The van der Waals surface area contributed by atoms with E-state index in [1.165, 1.54) is 25.6 Å². The summed E-state index contributed by atoms with van der Waals surface area (Å²) in [4.78, 5) is 30.3. The number of methoxy groups -OCH3 is 1. The molecule has 0 unspecified atom stereocenters. The monoisotopic (exact) mass is 473 g/mol. The number of nitrogens with zero attached hydrogens (tertiary/aromatic N) is 4. The molecule has 0 aliphatic heterocycles. The lowest BCUT2D eigenvalue weighted by Crippen LogP contribution is -2.14. The van der Waals surface area contributed by atoms with E-state index in [1.807, 2.05) is 0 Å². The zero-order chi connectivity index (χ0) is 24.3. The molecule has 0 aliphatic carbocycles. The largest absolute Gasteiger partial charge is 0.437 e. The summed E-state index contributed by atoms with van der Waals surface area (Å²) >= 11 is 0. The second-order valence-electron chi connectivity index (χ2n) is 6.96. The molecule has 0 saturated heterocycles. The molecule has 3 heterocycles. The maximum absolute atomic E-state index is 13.2. The molecule has 0 atom stereocenters. The highest BCUT2D eigenvalue weighted by molar-refractivity contribution is 5.82. The maximum Gasteiger partial charge on any atom is 0.433 e. The summed E-state index contributed by atoms with van der Waals surface area (Å²) in [5, 5.41) is 2.84. The van der Waals surface area contributed by atoms with Crippen molar-refractivity contribution in [1.29, 1.82) is 0 Å². The highest BCUT2D eigenvalue weighted by Gasteiger charge is 2.33. The van der Waals surface area contributed by atoms with Crippen LogP contribution >= 0.6 is 0 Å². The Kier molecular flexibility index (Phi) is 6.27. The van der Waals surface area contributed by atoms with E-state index in [0.717, 1.165) is 6.07 Å². The molecular weight excluding hydrogens is 455 g/mol. The number of pyridine rings is 1. The molecule has 0 bridgehead atoms. The number of nitrogens with one attached hydrogen (secondary N) is 2. The molecule has 4 rings (SSSR count). The highest BCUT2D eigenvalue weighted by Crippen LogP contribution is 2.34. The van der Waals surface area contributed by atoms with E-state index < -0.39 is 17.4 Å². The Morgan fingerprint density at radius 2 is 1.97 bits per heavy atom. The van der Waals surface area contributed by atoms with Crippen LogP contribution in [0.15, 0.2) is 47.5 Å². The minimum absolute atomic E-state index is 0.0197. The van der Waals surface area contributed by atoms with E-state index in [1.54, 1.807) is 18.2 Å². The summed E-state index contributed by atoms with van der Waals surface area (Å²) < 4.78 is 50.3. The molecule has 176 valence electrons. The first-order valence-electron chi connectivity index (χ1n) is 9.86. The lowest BCUT2D eigenvalue weighted by molar-refractivity contribution is -0.141. The number of aromatic amines is 1. The van der Waals surface area contributed by atoms with Crippen molar-refractivity contribution in [3.63, 3.8) is 0 Å². The first-order chi connectivity index (χ1) is 16.3. The van der Waals surface area contributed by atoms with Gasteiger partial charge in [-0.3, -0.25) is 4.79 Å². The summed E-state index contributed by atoms with van der Waals surface area (Å²) in [6, 6.07) is 8.46. The quantitative estimate of drug-likeness (QED) is 0.345. The average Bonchev–Trinajstić information content (AvgIpc) is 2.80. The van der Waals surface area contributed by atoms with Gasteiger partial charge in [0.05, 0.1) is 17.8 Å². The van der Waals surface area contributed by atoms with Gasteiger partial charge in [-0.15, -0.1) is 0 Å². The van der Waals surface area contributed by atoms with Crippen molar-refractivity contribution in [2.24, 2.45) is 0 Å². The molecule has 0 amide bonds. The Morgan fingerprint density at radius 3 is 2.74 bits per heavy atom. The van der Waals surface area contributed by atoms with Crippen LogP contribution in [0.3, 0.4) is 0 Å². The lowest BCUT2D eigenvalue weighted by Gasteiger charge is -2.14. The first-order valence-corrected chi connectivity index (χ1v) is 9.86. The van der Waals surface area contributed by atoms with Crippen LogP contribution in [0.5, 0.6) is 11.6 Å². The standard InChI is InChI=1S/C21H18F3N7O3/c1-33-8-7-26-19-11(5-6-15(30-19)21(22,23)24)13-9-16(28-10-27-13)34-14-4-2-3-12-17(14)31-18(25)20(32)29-12/h2-6,9-10H,7-8H2,1H3,(H2,25,31)(H,26,30)(H,29,32). The molecule has 0 radical (unpaired) electrons. The van der Waals surface area contributed by atoms with Crippen molar-refractivity contribution in [1.82, 2.24) is 24.9 Å². The molecule has 0 spiro atoms. The van der Waals surface area contributed by atoms with Crippen LogP contribution < -0.4 is 21.3 Å². The van der Waals surface area contributed by atoms with Crippen LogP contribution in [-0.4, -0.2) is 45.2 Å². The molecule has 4 aromatic rings. The maximum atomic E-state index is 13.2. The normalized spacial score (nSPS) is 11.5. The van der Waals surface area contributed by atoms with E-state index in [2.05, 4.69) is 30.2 Å². The predicted molar refractivity (Wildman–Crippen MR) is 117 cm³/mol. The highest BCUT2D eigenvalue weighted by atomic mass is 19.4. The summed E-state index contributed by atoms with van der Waals surface area (Å²) in [5.41, 5.74) is 5.33. The fourth-order valence-electron chi connectivity index (χ4n) is 3.06. The smallest absolute Gasteiger partial charge is 0.433 e. The number of nitrogens with two attached hydrogens (primary N) is 1. The minimum Gasteiger partial charge on any atom is -0.437 e. The van der Waals surface area contributed by atoms with Gasteiger partial charge < -0.3 is 25.5 Å². The van der Waals surface area contributed by atoms with Crippen molar-refractivity contribution < 1.29 is 22.6 Å². The zero-order valence-corrected chi connectivity index (χ0v) is 17.7. The first kappa shape index (κ1) is 22.9. The summed E-state index contributed by atoms with van der Waals surface area (Å²) in [7, 11) is 1.47. The topological polar surface area (TPSA) is 141 Å². The van der Waals surface area contributed by atoms with Gasteiger partial charge in [0, 0.05) is 25.3 Å². The zero-order valence-electron chi connectivity index (χ0n) is 17.7. The molecule has 0 saturated carbocycles. The number of alkyl halides is 3. The Balaban J connectivity index is 1.71. The number of benzene rings is 1. The summed E-state index contributed by atoms with van der Waals surface area (Å²) in [5.74, 6) is 0.101.